The van der Waals surface area contributed by atoms with E-state index >= 15 is 0 Å². The van der Waals surface area contributed by atoms with Crippen molar-refractivity contribution in [2.75, 3.05) is 5.43 Å². The van der Waals surface area contributed by atoms with Crippen LogP contribution in [-0.2, 0) is 0 Å². The molecular weight excluding hydrogens is 178 g/mol. The van der Waals surface area contributed by atoms with Crippen LogP contribution >= 0.6 is 0 Å². The highest BCUT2D eigenvalue weighted by molar-refractivity contribution is 5.21. The van der Waals surface area contributed by atoms with Gasteiger partial charge < -0.3 is 0 Å². The zero-order valence-electron chi connectivity index (χ0n) is 8.11. The fourth-order valence-electron chi connectivity index (χ4n) is 1.97. The topological polar surface area (TPSA) is 76.7 Å². The molecule has 1 aliphatic rings. The van der Waals surface area contributed by atoms with Crippen molar-refractivity contribution in [3.05, 3.63) is 11.9 Å². The fraction of sp³-hybridized carbons (Fsp3) is 0.667. The molecule has 1 saturated carbocycles. The smallest absolute Gasteiger partial charge is 0.257 e. The first-order valence-corrected chi connectivity index (χ1v) is 5.06. The first kappa shape index (κ1) is 9.33. The molecule has 0 atom stereocenters. The van der Waals surface area contributed by atoms with Crippen LogP contribution in [0.4, 0.5) is 5.95 Å². The summed E-state index contributed by atoms with van der Waals surface area (Å²) in [7, 11) is 0. The Morgan fingerprint density at radius 1 is 1.29 bits per heavy atom. The van der Waals surface area contributed by atoms with Crippen molar-refractivity contribution in [3.63, 3.8) is 0 Å². The summed E-state index contributed by atoms with van der Waals surface area (Å²) in [4.78, 5) is 4.31. The van der Waals surface area contributed by atoms with Crippen molar-refractivity contribution in [2.45, 2.75) is 38.0 Å². The van der Waals surface area contributed by atoms with Crippen LogP contribution in [-0.4, -0.2) is 15.2 Å². The maximum atomic E-state index is 5.23. The van der Waals surface area contributed by atoms with E-state index in [9.17, 15) is 0 Å². The molecule has 0 bridgehead atoms. The van der Waals surface area contributed by atoms with Gasteiger partial charge in [-0.1, -0.05) is 19.3 Å². The number of nitrogens with one attached hydrogen (secondary N) is 1. The third-order valence-corrected chi connectivity index (χ3v) is 2.73. The SMILES string of the molecule is NNc1nncc(C2CCCCC2)n1. The summed E-state index contributed by atoms with van der Waals surface area (Å²) in [6.07, 6.45) is 8.10. The highest BCUT2D eigenvalue weighted by Crippen LogP contribution is 2.31. The Kier molecular flexibility index (Phi) is 2.88. The molecule has 0 spiro atoms. The molecule has 1 aliphatic carbocycles. The van der Waals surface area contributed by atoms with Crippen LogP contribution in [0.2, 0.25) is 0 Å². The quantitative estimate of drug-likeness (QED) is 0.545. The van der Waals surface area contributed by atoms with Gasteiger partial charge in [-0.2, -0.15) is 5.10 Å². The van der Waals surface area contributed by atoms with Gasteiger partial charge in [0, 0.05) is 5.92 Å². The highest BCUT2D eigenvalue weighted by Gasteiger charge is 2.17. The summed E-state index contributed by atoms with van der Waals surface area (Å²) in [5.41, 5.74) is 3.44. The number of hydrogen-bond acceptors (Lipinski definition) is 5. The van der Waals surface area contributed by atoms with Crippen molar-refractivity contribution in [1.82, 2.24) is 15.2 Å². The normalized spacial score (nSPS) is 18.1. The molecule has 0 aliphatic heterocycles. The number of nitrogen functional groups attached to an aromatic ring is 1. The molecule has 5 heteroatoms. The van der Waals surface area contributed by atoms with E-state index in [1.807, 2.05) is 0 Å². The molecular formula is C9H15N5. The molecule has 1 fully saturated rings. The van der Waals surface area contributed by atoms with Crippen LogP contribution in [0.15, 0.2) is 6.20 Å². The summed E-state index contributed by atoms with van der Waals surface area (Å²) in [6, 6.07) is 0. The summed E-state index contributed by atoms with van der Waals surface area (Å²) in [5, 5.41) is 7.63. The third kappa shape index (κ3) is 1.98. The minimum atomic E-state index is 0.410. The minimum Gasteiger partial charge on any atom is -0.291 e. The zero-order chi connectivity index (χ0) is 9.80. The molecule has 0 saturated heterocycles. The molecule has 0 amide bonds. The molecule has 0 radical (unpaired) electrons. The molecule has 3 N–H and O–H groups in total. The molecule has 1 aromatic rings. The first-order chi connectivity index (χ1) is 6.90. The van der Waals surface area contributed by atoms with E-state index in [1.165, 1.54) is 32.1 Å². The number of aromatic nitrogens is 3. The average molecular weight is 193 g/mol. The summed E-state index contributed by atoms with van der Waals surface area (Å²) < 4.78 is 0. The Morgan fingerprint density at radius 2 is 2.07 bits per heavy atom. The van der Waals surface area contributed by atoms with E-state index in [0.717, 1.165) is 5.69 Å². The molecule has 1 heterocycles. The molecule has 0 unspecified atom stereocenters. The number of nitrogens with two attached hydrogens (primary N) is 1. The van der Waals surface area contributed by atoms with Crippen LogP contribution in [0.3, 0.4) is 0 Å². The van der Waals surface area contributed by atoms with Gasteiger partial charge in [0.1, 0.15) is 0 Å². The Bertz CT molecular complexity index is 295. The van der Waals surface area contributed by atoms with Crippen molar-refractivity contribution >= 4 is 5.95 Å². The van der Waals surface area contributed by atoms with E-state index in [4.69, 9.17) is 5.84 Å². The lowest BCUT2D eigenvalue weighted by Gasteiger charge is -2.20. The number of nitrogens with zero attached hydrogens (tertiary/aromatic N) is 3. The van der Waals surface area contributed by atoms with Gasteiger partial charge in [0.25, 0.3) is 5.95 Å². The predicted octanol–water partition coefficient (Wildman–Crippen LogP) is 1.20. The van der Waals surface area contributed by atoms with Crippen molar-refractivity contribution in [3.8, 4) is 0 Å². The Labute approximate surface area is 83.1 Å². The minimum absolute atomic E-state index is 0.410. The second-order valence-corrected chi connectivity index (χ2v) is 3.68. The lowest BCUT2D eigenvalue weighted by Crippen LogP contribution is -2.14. The standard InChI is InChI=1S/C9H15N5/c10-13-9-12-8(6-11-14-9)7-4-2-1-3-5-7/h6-7H,1-5,10H2,(H,12,13,14). The van der Waals surface area contributed by atoms with Gasteiger partial charge >= 0.3 is 0 Å². The molecule has 14 heavy (non-hydrogen) atoms. The van der Waals surface area contributed by atoms with Gasteiger partial charge in [-0.05, 0) is 12.8 Å². The maximum absolute atomic E-state index is 5.23. The lowest BCUT2D eigenvalue weighted by atomic mass is 9.87. The van der Waals surface area contributed by atoms with Crippen LogP contribution < -0.4 is 11.3 Å². The Hall–Kier alpha value is -1.23. The van der Waals surface area contributed by atoms with Gasteiger partial charge in [-0.3, -0.25) is 5.43 Å². The van der Waals surface area contributed by atoms with Gasteiger partial charge in [0.15, 0.2) is 0 Å². The second kappa shape index (κ2) is 4.32. The first-order valence-electron chi connectivity index (χ1n) is 5.06. The van der Waals surface area contributed by atoms with Crippen LogP contribution in [0.5, 0.6) is 0 Å². The van der Waals surface area contributed by atoms with Gasteiger partial charge in [-0.25, -0.2) is 10.8 Å². The molecule has 5 nitrogen and oxygen atoms in total. The van der Waals surface area contributed by atoms with Gasteiger partial charge in [-0.15, -0.1) is 5.10 Å². The Balaban J connectivity index is 2.13. The number of rotatable bonds is 2. The van der Waals surface area contributed by atoms with E-state index in [-0.39, 0.29) is 0 Å². The molecule has 76 valence electrons. The van der Waals surface area contributed by atoms with E-state index in [0.29, 0.717) is 11.9 Å². The Morgan fingerprint density at radius 3 is 2.79 bits per heavy atom. The largest absolute Gasteiger partial charge is 0.291 e. The number of anilines is 1. The summed E-state index contributed by atoms with van der Waals surface area (Å²) in [6.45, 7) is 0. The lowest BCUT2D eigenvalue weighted by molar-refractivity contribution is 0.435. The monoisotopic (exact) mass is 193 g/mol. The van der Waals surface area contributed by atoms with Gasteiger partial charge in [0.2, 0.25) is 0 Å². The zero-order valence-corrected chi connectivity index (χ0v) is 8.11. The van der Waals surface area contributed by atoms with Crippen LogP contribution in [0.1, 0.15) is 43.7 Å². The number of hydrazine groups is 1. The predicted molar refractivity (Wildman–Crippen MR) is 53.5 cm³/mol. The molecule has 2 rings (SSSR count). The fourth-order valence-corrected chi connectivity index (χ4v) is 1.97. The molecule has 1 aromatic heterocycles. The molecule has 0 aromatic carbocycles. The summed E-state index contributed by atoms with van der Waals surface area (Å²) in [5.74, 6) is 6.19. The average Bonchev–Trinajstić information content (AvgIpc) is 2.30. The van der Waals surface area contributed by atoms with Crippen LogP contribution in [0.25, 0.3) is 0 Å². The van der Waals surface area contributed by atoms with E-state index in [1.54, 1.807) is 6.20 Å². The van der Waals surface area contributed by atoms with Crippen molar-refractivity contribution in [1.29, 1.82) is 0 Å². The third-order valence-electron chi connectivity index (χ3n) is 2.73. The number of hydrogen-bond donors (Lipinski definition) is 2. The van der Waals surface area contributed by atoms with E-state index < -0.39 is 0 Å². The highest BCUT2D eigenvalue weighted by atomic mass is 15.3. The van der Waals surface area contributed by atoms with Crippen molar-refractivity contribution in [2.24, 2.45) is 5.84 Å². The van der Waals surface area contributed by atoms with Gasteiger partial charge in [0.05, 0.1) is 11.9 Å². The maximum Gasteiger partial charge on any atom is 0.257 e. The second-order valence-electron chi connectivity index (χ2n) is 3.68. The van der Waals surface area contributed by atoms with Crippen molar-refractivity contribution < 1.29 is 0 Å². The summed E-state index contributed by atoms with van der Waals surface area (Å²) >= 11 is 0. The van der Waals surface area contributed by atoms with Crippen LogP contribution in [0, 0.1) is 0 Å². The van der Waals surface area contributed by atoms with E-state index in [2.05, 4.69) is 20.6 Å².